The molecule has 1 aliphatic heterocycles. The Morgan fingerprint density at radius 2 is 1.37 bits per heavy atom. The van der Waals surface area contributed by atoms with Crippen molar-refractivity contribution in [2.45, 2.75) is 56.7 Å². The van der Waals surface area contributed by atoms with Crippen LogP contribution in [0, 0.1) is 5.41 Å². The lowest BCUT2D eigenvalue weighted by Gasteiger charge is -2.32. The minimum Gasteiger partial charge on any atom is -0.343 e. The van der Waals surface area contributed by atoms with E-state index >= 15 is 0 Å². The molecule has 0 saturated heterocycles. The molecule has 1 aliphatic rings. The number of imide groups is 1. The summed E-state index contributed by atoms with van der Waals surface area (Å²) in [4.78, 5) is 71.4. The monoisotopic (exact) mass is 737 g/mol. The summed E-state index contributed by atoms with van der Waals surface area (Å²) < 4.78 is 0. The Hall–Kier alpha value is -4.94. The van der Waals surface area contributed by atoms with Crippen LogP contribution in [-0.2, 0) is 20.1 Å². The predicted molar refractivity (Wildman–Crippen MR) is 208 cm³/mol. The minimum absolute atomic E-state index is 0.138. The molecule has 5 amide bonds. The Balaban J connectivity index is 1.23. The van der Waals surface area contributed by atoms with Gasteiger partial charge < -0.3 is 16.0 Å². The highest BCUT2D eigenvalue weighted by atomic mass is 32.2. The number of carbonyl (C=O) groups is 5. The zero-order valence-corrected chi connectivity index (χ0v) is 31.1. The zero-order valence-electron chi connectivity index (χ0n) is 29.4. The van der Waals surface area contributed by atoms with Gasteiger partial charge in [-0.2, -0.15) is 24.4 Å². The molecule has 270 valence electrons. The van der Waals surface area contributed by atoms with Crippen LogP contribution in [0.5, 0.6) is 0 Å². The number of nitrogens with zero attached hydrogens (tertiary/aromatic N) is 2. The number of pyridine rings is 1. The molecular formula is C40H43N5O5S2. The van der Waals surface area contributed by atoms with Gasteiger partial charge in [-0.25, -0.2) is 0 Å². The van der Waals surface area contributed by atoms with Crippen LogP contribution in [0.4, 0.5) is 5.69 Å². The van der Waals surface area contributed by atoms with E-state index in [1.165, 1.54) is 16.7 Å². The van der Waals surface area contributed by atoms with Gasteiger partial charge in [0.2, 0.25) is 17.7 Å². The van der Waals surface area contributed by atoms with E-state index in [0.29, 0.717) is 29.0 Å². The number of nitrogens with one attached hydrogen (secondary N) is 3. The lowest BCUT2D eigenvalue weighted by atomic mass is 9.86. The molecule has 0 fully saturated rings. The lowest BCUT2D eigenvalue weighted by molar-refractivity contribution is -0.131. The Morgan fingerprint density at radius 3 is 1.98 bits per heavy atom. The third kappa shape index (κ3) is 9.89. The third-order valence-corrected chi connectivity index (χ3v) is 10.2. The summed E-state index contributed by atoms with van der Waals surface area (Å²) in [6.07, 6.45) is 3.73. The normalized spacial score (nSPS) is 14.3. The summed E-state index contributed by atoms with van der Waals surface area (Å²) in [5.41, 5.74) is 3.89. The van der Waals surface area contributed by atoms with Gasteiger partial charge in [0.1, 0.15) is 12.1 Å². The average molecular weight is 738 g/mol. The number of thioether (sulfide) groups is 1. The molecule has 5 rings (SSSR count). The molecule has 3 atom stereocenters. The van der Waals surface area contributed by atoms with E-state index in [4.69, 9.17) is 0 Å². The minimum atomic E-state index is -0.981. The van der Waals surface area contributed by atoms with Crippen molar-refractivity contribution < 1.29 is 24.0 Å². The van der Waals surface area contributed by atoms with E-state index < -0.39 is 40.5 Å². The Kier molecular flexibility index (Phi) is 12.9. The number of benzene rings is 3. The molecule has 0 saturated carbocycles. The van der Waals surface area contributed by atoms with Crippen molar-refractivity contribution in [1.82, 2.24) is 20.5 Å². The number of amides is 5. The van der Waals surface area contributed by atoms with E-state index in [0.717, 1.165) is 16.7 Å². The Labute approximate surface area is 314 Å². The van der Waals surface area contributed by atoms with Crippen molar-refractivity contribution in [2.75, 3.05) is 17.6 Å². The topological polar surface area (TPSA) is 138 Å². The van der Waals surface area contributed by atoms with Crippen LogP contribution in [0.2, 0.25) is 0 Å². The molecule has 2 unspecified atom stereocenters. The first-order chi connectivity index (χ1) is 24.9. The maximum Gasteiger partial charge on any atom is 0.261 e. The fraction of sp³-hybridized carbons (Fsp3) is 0.300. The van der Waals surface area contributed by atoms with Crippen molar-refractivity contribution in [1.29, 1.82) is 0 Å². The molecule has 0 aliphatic carbocycles. The molecular weight excluding hydrogens is 695 g/mol. The van der Waals surface area contributed by atoms with Crippen molar-refractivity contribution in [3.8, 4) is 11.1 Å². The fourth-order valence-electron chi connectivity index (χ4n) is 5.75. The van der Waals surface area contributed by atoms with E-state index in [1.54, 1.807) is 48.8 Å². The molecule has 1 aromatic heterocycles. The Morgan fingerprint density at radius 1 is 0.769 bits per heavy atom. The van der Waals surface area contributed by atoms with Crippen molar-refractivity contribution in [2.24, 2.45) is 5.41 Å². The summed E-state index contributed by atoms with van der Waals surface area (Å²) in [5, 5.41) is 7.78. The van der Waals surface area contributed by atoms with Gasteiger partial charge >= 0.3 is 0 Å². The number of hydrogen-bond acceptors (Lipinski definition) is 8. The summed E-state index contributed by atoms with van der Waals surface area (Å²) >= 11 is 6.01. The summed E-state index contributed by atoms with van der Waals surface area (Å²) in [6.45, 7) is 5.69. The SMILES string of the molecule is CC(C)(C)C(NC(=O)C(CSCc1ccc(-c2ccccc2)cc1)NC(=O)[C@@H](S)CCCN1C(=O)c2ccccc2C1=O)C(=O)Nc1ccncc1. The third-order valence-electron chi connectivity index (χ3n) is 8.65. The first kappa shape index (κ1) is 38.3. The molecule has 2 heterocycles. The summed E-state index contributed by atoms with van der Waals surface area (Å²) in [7, 11) is 0. The lowest BCUT2D eigenvalue weighted by Crippen LogP contribution is -2.58. The first-order valence-electron chi connectivity index (χ1n) is 17.1. The molecule has 0 bridgehead atoms. The molecule has 10 nitrogen and oxygen atoms in total. The van der Waals surface area contributed by atoms with Crippen LogP contribution in [0.1, 0.15) is 59.9 Å². The van der Waals surface area contributed by atoms with Gasteiger partial charge in [0.15, 0.2) is 0 Å². The van der Waals surface area contributed by atoms with Gasteiger partial charge in [-0.1, -0.05) is 87.5 Å². The largest absolute Gasteiger partial charge is 0.343 e. The highest BCUT2D eigenvalue weighted by Gasteiger charge is 2.36. The van der Waals surface area contributed by atoms with Gasteiger partial charge in [0, 0.05) is 36.1 Å². The molecule has 12 heteroatoms. The highest BCUT2D eigenvalue weighted by molar-refractivity contribution is 7.98. The zero-order chi connectivity index (χ0) is 37.3. The van der Waals surface area contributed by atoms with E-state index in [1.807, 2.05) is 51.1 Å². The molecule has 4 aromatic rings. The second-order valence-electron chi connectivity index (χ2n) is 13.6. The van der Waals surface area contributed by atoms with E-state index in [9.17, 15) is 24.0 Å². The highest BCUT2D eigenvalue weighted by Crippen LogP contribution is 2.25. The van der Waals surface area contributed by atoms with E-state index in [2.05, 4.69) is 57.8 Å². The molecule has 3 aromatic carbocycles. The van der Waals surface area contributed by atoms with Crippen molar-refractivity contribution in [3.63, 3.8) is 0 Å². The average Bonchev–Trinajstić information content (AvgIpc) is 3.38. The molecule has 52 heavy (non-hydrogen) atoms. The summed E-state index contributed by atoms with van der Waals surface area (Å²) in [6, 6.07) is 26.4. The van der Waals surface area contributed by atoms with Gasteiger partial charge in [0.25, 0.3) is 11.8 Å². The van der Waals surface area contributed by atoms with Gasteiger partial charge in [-0.15, -0.1) is 0 Å². The maximum absolute atomic E-state index is 13.9. The first-order valence-corrected chi connectivity index (χ1v) is 18.8. The van der Waals surface area contributed by atoms with Crippen LogP contribution < -0.4 is 16.0 Å². The number of aromatic nitrogens is 1. The number of fused-ring (bicyclic) bond motifs is 1. The van der Waals surface area contributed by atoms with Crippen LogP contribution in [0.25, 0.3) is 11.1 Å². The second kappa shape index (κ2) is 17.5. The Bertz CT molecular complexity index is 1850. The number of anilines is 1. The van der Waals surface area contributed by atoms with Gasteiger partial charge in [-0.05, 0) is 59.2 Å². The standard InChI is InChI=1S/C40H43N5O5S2/c1-40(2,3)34(37(48)42-29-19-21-41-22-20-29)44-35(46)32(25-52-24-26-15-17-28(18-16-26)27-10-5-4-6-11-27)43-36(47)33(51)14-9-23-45-38(49)30-12-7-8-13-31(30)39(45)50/h4-8,10-13,15-22,32-34,51H,9,14,23-25H2,1-3H3,(H,43,47)(H,44,46)(H,41,42,48)/t32?,33-,34?/m0/s1. The smallest absolute Gasteiger partial charge is 0.261 e. The number of carbonyl (C=O) groups excluding carboxylic acids is 5. The van der Waals surface area contributed by atoms with Crippen LogP contribution in [0.15, 0.2) is 103 Å². The second-order valence-corrected chi connectivity index (χ2v) is 15.3. The molecule has 3 N–H and O–H groups in total. The van der Waals surface area contributed by atoms with E-state index in [-0.39, 0.29) is 30.5 Å². The van der Waals surface area contributed by atoms with Crippen molar-refractivity contribution >= 4 is 59.6 Å². The quantitative estimate of drug-likeness (QED) is 0.0867. The van der Waals surface area contributed by atoms with Crippen LogP contribution in [-0.4, -0.2) is 69.1 Å². The van der Waals surface area contributed by atoms with Gasteiger partial charge in [0.05, 0.1) is 16.4 Å². The maximum atomic E-state index is 13.9. The number of hydrogen-bond donors (Lipinski definition) is 4. The van der Waals surface area contributed by atoms with Crippen molar-refractivity contribution in [3.05, 3.63) is 120 Å². The number of thiol groups is 1. The van der Waals surface area contributed by atoms with Crippen LogP contribution in [0.3, 0.4) is 0 Å². The molecule has 0 radical (unpaired) electrons. The fourth-order valence-corrected chi connectivity index (χ4v) is 7.03. The summed E-state index contributed by atoms with van der Waals surface area (Å²) in [5.74, 6) is -1.26. The van der Waals surface area contributed by atoms with Gasteiger partial charge in [-0.3, -0.25) is 33.9 Å². The van der Waals surface area contributed by atoms with Crippen LogP contribution >= 0.6 is 24.4 Å². The predicted octanol–water partition coefficient (Wildman–Crippen LogP) is 6.01. The number of rotatable bonds is 15. The molecule has 0 spiro atoms.